The first kappa shape index (κ1) is 16.5. The Balaban J connectivity index is 1.49. The summed E-state index contributed by atoms with van der Waals surface area (Å²) in [6.07, 6.45) is 2.86. The normalized spacial score (nSPS) is 25.2. The van der Waals surface area contributed by atoms with Gasteiger partial charge in [0.2, 0.25) is 0 Å². The molecule has 6 nitrogen and oxygen atoms in total. The van der Waals surface area contributed by atoms with Crippen molar-refractivity contribution in [1.82, 2.24) is 20.5 Å². The van der Waals surface area contributed by atoms with Gasteiger partial charge in [0.25, 0.3) is 0 Å². The molecule has 2 saturated heterocycles. The lowest BCUT2D eigenvalue weighted by Gasteiger charge is -2.43. The summed E-state index contributed by atoms with van der Waals surface area (Å²) in [5.74, 6) is 2.24. The second-order valence-electron chi connectivity index (χ2n) is 5.98. The van der Waals surface area contributed by atoms with E-state index in [0.717, 1.165) is 49.9 Å². The number of nitrogens with zero attached hydrogens (tertiary/aromatic N) is 2. The molecule has 126 valence electrons. The van der Waals surface area contributed by atoms with Crippen LogP contribution in [0.2, 0.25) is 0 Å². The van der Waals surface area contributed by atoms with E-state index >= 15 is 0 Å². The first-order valence-corrected chi connectivity index (χ1v) is 9.26. The summed E-state index contributed by atoms with van der Waals surface area (Å²) in [6, 6.07) is 5.57. The minimum absolute atomic E-state index is 0.0801. The quantitative estimate of drug-likeness (QED) is 0.843. The molecular weight excluding hydrogens is 312 g/mol. The number of nitrogens with one attached hydrogen (secondary N) is 2. The molecule has 2 aliphatic heterocycles. The van der Waals surface area contributed by atoms with E-state index in [4.69, 9.17) is 4.74 Å². The zero-order valence-electron chi connectivity index (χ0n) is 13.3. The van der Waals surface area contributed by atoms with Crippen LogP contribution in [0.15, 0.2) is 24.4 Å². The lowest BCUT2D eigenvalue weighted by Crippen LogP contribution is -2.59. The summed E-state index contributed by atoms with van der Waals surface area (Å²) < 4.78 is 5.46. The Morgan fingerprint density at radius 2 is 2.22 bits per heavy atom. The summed E-state index contributed by atoms with van der Waals surface area (Å²) in [5, 5.41) is 5.94. The van der Waals surface area contributed by atoms with E-state index in [1.54, 1.807) is 6.20 Å². The van der Waals surface area contributed by atoms with Gasteiger partial charge in [-0.15, -0.1) is 0 Å². The highest BCUT2D eigenvalue weighted by molar-refractivity contribution is 7.99. The van der Waals surface area contributed by atoms with Crippen molar-refractivity contribution in [2.45, 2.75) is 18.5 Å². The van der Waals surface area contributed by atoms with E-state index in [9.17, 15) is 4.79 Å². The number of urea groups is 1. The number of hydrogen-bond donors (Lipinski definition) is 2. The maximum absolute atomic E-state index is 12.1. The fourth-order valence-corrected chi connectivity index (χ4v) is 4.59. The average molecular weight is 336 g/mol. The van der Waals surface area contributed by atoms with Crippen LogP contribution in [0.4, 0.5) is 4.79 Å². The monoisotopic (exact) mass is 336 g/mol. The summed E-state index contributed by atoms with van der Waals surface area (Å²) >= 11 is 1.97. The van der Waals surface area contributed by atoms with Gasteiger partial charge in [-0.2, -0.15) is 11.8 Å². The SMILES string of the molecule is O=C(NCc1ccccn1)NCC1(N2CCOCC2)CCSC1. The molecule has 2 amide bonds. The smallest absolute Gasteiger partial charge is 0.315 e. The van der Waals surface area contributed by atoms with Gasteiger partial charge in [-0.05, 0) is 24.3 Å². The number of morpholine rings is 1. The molecule has 2 fully saturated rings. The molecule has 7 heteroatoms. The number of amides is 2. The number of carbonyl (C=O) groups excluding carboxylic acids is 1. The number of thioether (sulfide) groups is 1. The van der Waals surface area contributed by atoms with Gasteiger partial charge in [0.1, 0.15) is 0 Å². The summed E-state index contributed by atoms with van der Waals surface area (Å²) in [5.41, 5.74) is 0.943. The van der Waals surface area contributed by atoms with Gasteiger partial charge in [0, 0.05) is 37.1 Å². The van der Waals surface area contributed by atoms with Crippen molar-refractivity contribution in [3.05, 3.63) is 30.1 Å². The maximum Gasteiger partial charge on any atom is 0.315 e. The van der Waals surface area contributed by atoms with Crippen LogP contribution in [-0.4, -0.2) is 65.8 Å². The van der Waals surface area contributed by atoms with E-state index in [1.807, 2.05) is 30.0 Å². The van der Waals surface area contributed by atoms with Crippen LogP contribution in [0.25, 0.3) is 0 Å². The first-order chi connectivity index (χ1) is 11.3. The third-order valence-electron chi connectivity index (χ3n) is 4.50. The van der Waals surface area contributed by atoms with Gasteiger partial charge < -0.3 is 15.4 Å². The highest BCUT2D eigenvalue weighted by atomic mass is 32.2. The standard InChI is InChI=1S/C16H24N4O2S/c21-15(18-11-14-3-1-2-5-17-14)19-12-16(4-10-23-13-16)20-6-8-22-9-7-20/h1-3,5H,4,6-13H2,(H2,18,19,21). The molecule has 3 rings (SSSR count). The van der Waals surface area contributed by atoms with E-state index < -0.39 is 0 Å². The second-order valence-corrected chi connectivity index (χ2v) is 7.09. The summed E-state index contributed by atoms with van der Waals surface area (Å²) in [6.45, 7) is 4.63. The van der Waals surface area contributed by atoms with E-state index in [2.05, 4.69) is 20.5 Å². The summed E-state index contributed by atoms with van der Waals surface area (Å²) in [4.78, 5) is 18.8. The van der Waals surface area contributed by atoms with Gasteiger partial charge in [-0.1, -0.05) is 6.07 Å². The molecular formula is C16H24N4O2S. The minimum Gasteiger partial charge on any atom is -0.379 e. The van der Waals surface area contributed by atoms with Crippen molar-refractivity contribution in [1.29, 1.82) is 0 Å². The third-order valence-corrected chi connectivity index (χ3v) is 5.73. The predicted octanol–water partition coefficient (Wildman–Crippen LogP) is 1.09. The number of hydrogen-bond acceptors (Lipinski definition) is 5. The number of aromatic nitrogens is 1. The van der Waals surface area contributed by atoms with Crippen molar-refractivity contribution >= 4 is 17.8 Å². The molecule has 1 unspecified atom stereocenters. The zero-order chi connectivity index (χ0) is 16.0. The van der Waals surface area contributed by atoms with Crippen molar-refractivity contribution in [3.8, 4) is 0 Å². The first-order valence-electron chi connectivity index (χ1n) is 8.11. The molecule has 1 aromatic rings. The summed E-state index contributed by atoms with van der Waals surface area (Å²) in [7, 11) is 0. The molecule has 0 aromatic carbocycles. The van der Waals surface area contributed by atoms with E-state index in [-0.39, 0.29) is 11.6 Å². The Morgan fingerprint density at radius 1 is 1.35 bits per heavy atom. The highest BCUT2D eigenvalue weighted by Crippen LogP contribution is 2.33. The largest absolute Gasteiger partial charge is 0.379 e. The van der Waals surface area contributed by atoms with Crippen LogP contribution in [0.3, 0.4) is 0 Å². The van der Waals surface area contributed by atoms with Crippen LogP contribution in [0.1, 0.15) is 12.1 Å². The molecule has 0 radical (unpaired) electrons. The number of rotatable bonds is 5. The Morgan fingerprint density at radius 3 is 2.91 bits per heavy atom. The second kappa shape index (κ2) is 7.99. The van der Waals surface area contributed by atoms with Gasteiger partial charge in [-0.25, -0.2) is 4.79 Å². The van der Waals surface area contributed by atoms with Gasteiger partial charge in [0.05, 0.1) is 25.5 Å². The third kappa shape index (κ3) is 4.37. The zero-order valence-corrected chi connectivity index (χ0v) is 14.1. The van der Waals surface area contributed by atoms with Gasteiger partial charge in [-0.3, -0.25) is 9.88 Å². The Hall–Kier alpha value is -1.31. The number of ether oxygens (including phenoxy) is 1. The van der Waals surface area contributed by atoms with Gasteiger partial charge in [0.15, 0.2) is 0 Å². The van der Waals surface area contributed by atoms with Crippen LogP contribution in [-0.2, 0) is 11.3 Å². The van der Waals surface area contributed by atoms with Crippen molar-refractivity contribution in [2.75, 3.05) is 44.4 Å². The molecule has 2 N–H and O–H groups in total. The average Bonchev–Trinajstić information content (AvgIpc) is 3.10. The van der Waals surface area contributed by atoms with Crippen LogP contribution >= 0.6 is 11.8 Å². The molecule has 0 spiro atoms. The van der Waals surface area contributed by atoms with Gasteiger partial charge >= 0.3 is 6.03 Å². The van der Waals surface area contributed by atoms with E-state index in [1.165, 1.54) is 0 Å². The van der Waals surface area contributed by atoms with Crippen LogP contribution < -0.4 is 10.6 Å². The van der Waals surface area contributed by atoms with E-state index in [0.29, 0.717) is 13.1 Å². The Kier molecular flexibility index (Phi) is 5.75. The maximum atomic E-state index is 12.1. The lowest BCUT2D eigenvalue weighted by molar-refractivity contribution is -0.0124. The molecule has 23 heavy (non-hydrogen) atoms. The lowest BCUT2D eigenvalue weighted by atomic mass is 9.95. The van der Waals surface area contributed by atoms with Crippen molar-refractivity contribution in [2.24, 2.45) is 0 Å². The molecule has 0 aliphatic carbocycles. The van der Waals surface area contributed by atoms with Crippen LogP contribution in [0, 0.1) is 0 Å². The number of carbonyl (C=O) groups is 1. The highest BCUT2D eigenvalue weighted by Gasteiger charge is 2.40. The molecule has 0 bridgehead atoms. The van der Waals surface area contributed by atoms with Crippen molar-refractivity contribution < 1.29 is 9.53 Å². The predicted molar refractivity (Wildman–Crippen MR) is 91.5 cm³/mol. The van der Waals surface area contributed by atoms with Crippen LogP contribution in [0.5, 0.6) is 0 Å². The molecule has 1 atom stereocenters. The topological polar surface area (TPSA) is 66.5 Å². The minimum atomic E-state index is -0.125. The molecule has 0 saturated carbocycles. The Labute approximate surface area is 141 Å². The van der Waals surface area contributed by atoms with Crippen molar-refractivity contribution in [3.63, 3.8) is 0 Å². The fraction of sp³-hybridized carbons (Fsp3) is 0.625. The Bertz CT molecular complexity index is 502. The molecule has 3 heterocycles. The molecule has 1 aromatic heterocycles. The number of pyridine rings is 1. The molecule has 2 aliphatic rings. The fourth-order valence-electron chi connectivity index (χ4n) is 3.12.